The molecule has 8 nitrogen and oxygen atoms in total. The summed E-state index contributed by atoms with van der Waals surface area (Å²) in [6.07, 6.45) is 8.44. The van der Waals surface area contributed by atoms with Gasteiger partial charge in [-0.05, 0) is 57.8 Å². The fraction of sp³-hybridized carbons (Fsp3) is 0.524. The van der Waals surface area contributed by atoms with E-state index < -0.39 is 0 Å². The minimum atomic E-state index is 0.0334. The van der Waals surface area contributed by atoms with Crippen LogP contribution in [0.4, 0.5) is 5.82 Å². The second-order valence-corrected chi connectivity index (χ2v) is 7.47. The van der Waals surface area contributed by atoms with E-state index >= 15 is 0 Å². The van der Waals surface area contributed by atoms with E-state index in [1.54, 1.807) is 10.7 Å². The molecule has 156 valence electrons. The maximum Gasteiger partial charge on any atom is 0.336 e. The number of nitrogens with two attached hydrogens (primary N) is 1. The Bertz CT molecular complexity index is 954. The number of ether oxygens (including phenoxy) is 1. The van der Waals surface area contributed by atoms with Crippen molar-refractivity contribution in [3.05, 3.63) is 41.0 Å². The van der Waals surface area contributed by atoms with Gasteiger partial charge in [0.1, 0.15) is 0 Å². The summed E-state index contributed by atoms with van der Waals surface area (Å²) >= 11 is 0. The number of anilines is 1. The Morgan fingerprint density at radius 2 is 2.10 bits per heavy atom. The molecule has 0 aromatic carbocycles. The molecule has 3 aromatic heterocycles. The summed E-state index contributed by atoms with van der Waals surface area (Å²) in [5.74, 6) is 0.319. The molecule has 0 radical (unpaired) electrons. The molecule has 1 unspecified atom stereocenters. The van der Waals surface area contributed by atoms with E-state index in [4.69, 9.17) is 10.5 Å². The van der Waals surface area contributed by atoms with Gasteiger partial charge >= 0.3 is 6.01 Å². The Kier molecular flexibility index (Phi) is 6.98. The summed E-state index contributed by atoms with van der Waals surface area (Å²) in [4.78, 5) is 13.3. The first-order valence-corrected chi connectivity index (χ1v) is 10.3. The first-order chi connectivity index (χ1) is 14.0. The number of nitrogens with one attached hydrogen (secondary N) is 1. The zero-order valence-electron chi connectivity index (χ0n) is 17.8. The van der Waals surface area contributed by atoms with Crippen molar-refractivity contribution in [2.75, 3.05) is 19.3 Å². The van der Waals surface area contributed by atoms with Crippen LogP contribution in [-0.2, 0) is 12.8 Å². The molecular weight excluding hydrogens is 366 g/mol. The molecule has 0 aliphatic rings. The fourth-order valence-corrected chi connectivity index (χ4v) is 3.41. The standard InChI is InChI=1S/C21H31N7O/c1-5-7-15(3)29-21-26-19(22)20-25-13-17(28(20)27-21)11-16-10-14(2)18(24-12-16)8-6-9-23-4/h10,12-13,15,23H,5-9,11H2,1-4H3,(H2,22,26,27). The quantitative estimate of drug-likeness (QED) is 0.507. The fourth-order valence-electron chi connectivity index (χ4n) is 3.41. The highest BCUT2D eigenvalue weighted by Crippen LogP contribution is 2.19. The van der Waals surface area contributed by atoms with Crippen LogP contribution in [0.3, 0.4) is 0 Å². The lowest BCUT2D eigenvalue weighted by molar-refractivity contribution is 0.189. The van der Waals surface area contributed by atoms with Crippen molar-refractivity contribution in [3.63, 3.8) is 0 Å². The van der Waals surface area contributed by atoms with E-state index in [1.165, 1.54) is 5.56 Å². The Balaban J connectivity index is 1.81. The average Bonchev–Trinajstić information content (AvgIpc) is 3.07. The Hall–Kier alpha value is -2.74. The van der Waals surface area contributed by atoms with Gasteiger partial charge in [0, 0.05) is 18.3 Å². The van der Waals surface area contributed by atoms with Crippen molar-refractivity contribution in [2.45, 2.75) is 59.0 Å². The van der Waals surface area contributed by atoms with E-state index in [9.17, 15) is 0 Å². The summed E-state index contributed by atoms with van der Waals surface area (Å²) in [5, 5.41) is 7.69. The summed E-state index contributed by atoms with van der Waals surface area (Å²) < 4.78 is 7.56. The minimum absolute atomic E-state index is 0.0334. The summed E-state index contributed by atoms with van der Waals surface area (Å²) in [6, 6.07) is 2.47. The molecular formula is C21H31N7O. The second-order valence-electron chi connectivity index (χ2n) is 7.47. The average molecular weight is 398 g/mol. The zero-order chi connectivity index (χ0) is 20.8. The van der Waals surface area contributed by atoms with Crippen LogP contribution in [0, 0.1) is 6.92 Å². The van der Waals surface area contributed by atoms with Crippen molar-refractivity contribution < 1.29 is 4.74 Å². The van der Waals surface area contributed by atoms with Gasteiger partial charge in [0.25, 0.3) is 0 Å². The number of imidazole rings is 1. The Labute approximate surface area is 171 Å². The number of nitrogens with zero attached hydrogens (tertiary/aromatic N) is 5. The molecule has 29 heavy (non-hydrogen) atoms. The number of aromatic nitrogens is 5. The van der Waals surface area contributed by atoms with Crippen LogP contribution in [0.1, 0.15) is 55.6 Å². The normalized spacial score (nSPS) is 12.4. The van der Waals surface area contributed by atoms with Gasteiger partial charge in [0.2, 0.25) is 0 Å². The lowest BCUT2D eigenvalue weighted by atomic mass is 10.1. The minimum Gasteiger partial charge on any atom is -0.459 e. The first-order valence-electron chi connectivity index (χ1n) is 10.3. The molecule has 3 rings (SSSR count). The zero-order valence-corrected chi connectivity index (χ0v) is 17.8. The predicted molar refractivity (Wildman–Crippen MR) is 114 cm³/mol. The number of aryl methyl sites for hydroxylation is 2. The highest BCUT2D eigenvalue weighted by atomic mass is 16.5. The highest BCUT2D eigenvalue weighted by Gasteiger charge is 2.14. The molecule has 0 fully saturated rings. The molecule has 1 atom stereocenters. The van der Waals surface area contributed by atoms with E-state index in [0.717, 1.165) is 49.2 Å². The summed E-state index contributed by atoms with van der Waals surface area (Å²) in [6.45, 7) is 7.23. The molecule has 0 bridgehead atoms. The van der Waals surface area contributed by atoms with E-state index in [0.29, 0.717) is 17.9 Å². The highest BCUT2D eigenvalue weighted by molar-refractivity contribution is 5.59. The van der Waals surface area contributed by atoms with Crippen LogP contribution < -0.4 is 15.8 Å². The maximum absolute atomic E-state index is 6.08. The van der Waals surface area contributed by atoms with Gasteiger partial charge in [-0.3, -0.25) is 4.98 Å². The molecule has 0 saturated carbocycles. The second kappa shape index (κ2) is 9.65. The molecule has 0 aliphatic carbocycles. The number of pyridine rings is 1. The van der Waals surface area contributed by atoms with Crippen molar-refractivity contribution in [1.29, 1.82) is 0 Å². The predicted octanol–water partition coefficient (Wildman–Crippen LogP) is 2.72. The van der Waals surface area contributed by atoms with Gasteiger partial charge < -0.3 is 15.8 Å². The first kappa shape index (κ1) is 21.0. The van der Waals surface area contributed by atoms with Crippen LogP contribution in [0.25, 0.3) is 5.65 Å². The van der Waals surface area contributed by atoms with Crippen molar-refractivity contribution in [1.82, 2.24) is 29.9 Å². The number of hydrogen-bond donors (Lipinski definition) is 2. The van der Waals surface area contributed by atoms with Crippen LogP contribution in [0.15, 0.2) is 18.5 Å². The third-order valence-corrected chi connectivity index (χ3v) is 4.91. The van der Waals surface area contributed by atoms with Crippen molar-refractivity contribution in [2.24, 2.45) is 0 Å². The van der Waals surface area contributed by atoms with Gasteiger partial charge in [-0.1, -0.05) is 19.4 Å². The molecule has 0 saturated heterocycles. The molecule has 8 heteroatoms. The van der Waals surface area contributed by atoms with Gasteiger partial charge in [-0.15, -0.1) is 5.10 Å². The van der Waals surface area contributed by atoms with E-state index in [-0.39, 0.29) is 12.1 Å². The Morgan fingerprint density at radius 3 is 2.83 bits per heavy atom. The third kappa shape index (κ3) is 5.20. The van der Waals surface area contributed by atoms with E-state index in [1.807, 2.05) is 20.2 Å². The largest absolute Gasteiger partial charge is 0.459 e. The van der Waals surface area contributed by atoms with Crippen LogP contribution in [0.2, 0.25) is 0 Å². The van der Waals surface area contributed by atoms with Crippen molar-refractivity contribution in [3.8, 4) is 6.01 Å². The third-order valence-electron chi connectivity index (χ3n) is 4.91. The molecule has 0 spiro atoms. The topological polar surface area (TPSA) is 103 Å². The summed E-state index contributed by atoms with van der Waals surface area (Å²) in [7, 11) is 1.97. The van der Waals surface area contributed by atoms with Crippen LogP contribution in [-0.4, -0.2) is 44.3 Å². The van der Waals surface area contributed by atoms with Gasteiger partial charge in [-0.25, -0.2) is 9.50 Å². The maximum atomic E-state index is 6.08. The number of nitrogen functional groups attached to an aromatic ring is 1. The molecule has 0 amide bonds. The summed E-state index contributed by atoms with van der Waals surface area (Å²) in [5.41, 5.74) is 11.0. The monoisotopic (exact) mass is 397 g/mol. The molecule has 3 heterocycles. The number of fused-ring (bicyclic) bond motifs is 1. The lowest BCUT2D eigenvalue weighted by Crippen LogP contribution is -2.15. The van der Waals surface area contributed by atoms with Crippen LogP contribution in [0.5, 0.6) is 6.01 Å². The Morgan fingerprint density at radius 1 is 1.28 bits per heavy atom. The number of rotatable bonds is 10. The SMILES string of the molecule is CCCC(C)Oc1nc(N)c2ncc(Cc3cnc(CCCNC)c(C)c3)n2n1. The number of hydrogen-bond acceptors (Lipinski definition) is 7. The smallest absolute Gasteiger partial charge is 0.336 e. The molecule has 0 aliphatic heterocycles. The lowest BCUT2D eigenvalue weighted by Gasteiger charge is -2.12. The molecule has 3 aromatic rings. The van der Waals surface area contributed by atoms with Crippen LogP contribution >= 0.6 is 0 Å². The van der Waals surface area contributed by atoms with Gasteiger partial charge in [-0.2, -0.15) is 4.98 Å². The van der Waals surface area contributed by atoms with E-state index in [2.05, 4.69) is 45.3 Å². The molecule has 3 N–H and O–H groups in total. The van der Waals surface area contributed by atoms with Gasteiger partial charge in [0.05, 0.1) is 18.0 Å². The van der Waals surface area contributed by atoms with Crippen molar-refractivity contribution >= 4 is 11.5 Å². The van der Waals surface area contributed by atoms with Gasteiger partial charge in [0.15, 0.2) is 11.5 Å².